The van der Waals surface area contributed by atoms with E-state index in [1.54, 1.807) is 4.31 Å². The van der Waals surface area contributed by atoms with Crippen molar-refractivity contribution in [1.29, 1.82) is 0 Å². The summed E-state index contributed by atoms with van der Waals surface area (Å²) in [5.74, 6) is 0.566. The summed E-state index contributed by atoms with van der Waals surface area (Å²) in [6.45, 7) is 7.90. The van der Waals surface area contributed by atoms with E-state index in [1.165, 1.54) is 17.4 Å². The molecule has 0 amide bonds. The monoisotopic (exact) mass is 413 g/mol. The first-order valence-electron chi connectivity index (χ1n) is 7.07. The van der Waals surface area contributed by atoms with Crippen molar-refractivity contribution in [3.63, 3.8) is 0 Å². The van der Waals surface area contributed by atoms with Crippen molar-refractivity contribution < 1.29 is 8.42 Å². The van der Waals surface area contributed by atoms with Crippen LogP contribution in [-0.2, 0) is 10.0 Å². The van der Waals surface area contributed by atoms with E-state index in [2.05, 4.69) is 36.7 Å². The van der Waals surface area contributed by atoms with Gasteiger partial charge in [0.2, 0.25) is 0 Å². The van der Waals surface area contributed by atoms with E-state index in [9.17, 15) is 8.42 Å². The molecule has 0 spiro atoms. The fourth-order valence-corrected chi connectivity index (χ4v) is 6.80. The quantitative estimate of drug-likeness (QED) is 0.683. The summed E-state index contributed by atoms with van der Waals surface area (Å²) in [4.78, 5) is 0. The average molecular weight is 415 g/mol. The first kappa shape index (κ1) is 17.7. The van der Waals surface area contributed by atoms with E-state index >= 15 is 0 Å². The van der Waals surface area contributed by atoms with Crippen molar-refractivity contribution in [3.8, 4) is 0 Å². The molecule has 1 fully saturated rings. The molecule has 1 saturated heterocycles. The highest BCUT2D eigenvalue weighted by atomic mass is 79.9. The molecule has 0 bridgehead atoms. The fraction of sp³-hybridized carbons (Fsp3) is 0.714. The van der Waals surface area contributed by atoms with Crippen LogP contribution in [0.4, 0.5) is 0 Å². The van der Waals surface area contributed by atoms with Gasteiger partial charge in [-0.25, -0.2) is 8.42 Å². The van der Waals surface area contributed by atoms with Crippen molar-refractivity contribution >= 4 is 48.9 Å². The van der Waals surface area contributed by atoms with Crippen LogP contribution >= 0.6 is 38.9 Å². The van der Waals surface area contributed by atoms with Crippen molar-refractivity contribution in [2.75, 3.05) is 13.1 Å². The molecule has 21 heavy (non-hydrogen) atoms. The Hall–Kier alpha value is 0.380. The van der Waals surface area contributed by atoms with Gasteiger partial charge in [-0.3, -0.25) is 0 Å². The SMILES string of the molecule is CC(C)(C)C1CCCN(S(=O)(=O)c2cc(Cl)c(Br)s2)CC1. The summed E-state index contributed by atoms with van der Waals surface area (Å²) >= 11 is 10.4. The molecule has 1 aliphatic heterocycles. The van der Waals surface area contributed by atoms with Crippen molar-refractivity contribution in [3.05, 3.63) is 14.9 Å². The van der Waals surface area contributed by atoms with E-state index in [0.717, 1.165) is 19.3 Å². The second-order valence-electron chi connectivity index (χ2n) is 6.59. The summed E-state index contributed by atoms with van der Waals surface area (Å²) < 4.78 is 28.1. The second-order valence-corrected chi connectivity index (χ2v) is 11.5. The molecule has 0 saturated carbocycles. The van der Waals surface area contributed by atoms with E-state index in [1.807, 2.05) is 0 Å². The lowest BCUT2D eigenvalue weighted by atomic mass is 9.77. The standard InChI is InChI=1S/C14H21BrClNO2S2/c1-14(2,3)10-5-4-7-17(8-6-10)21(18,19)12-9-11(16)13(15)20-12/h9-10H,4-8H2,1-3H3. The molecule has 0 aromatic carbocycles. The van der Waals surface area contributed by atoms with Crippen molar-refractivity contribution in [2.24, 2.45) is 11.3 Å². The Bertz CT molecular complexity index is 587. The number of hydrogen-bond acceptors (Lipinski definition) is 3. The second kappa shape index (κ2) is 6.48. The topological polar surface area (TPSA) is 37.4 Å². The zero-order chi connectivity index (χ0) is 15.8. The van der Waals surface area contributed by atoms with Gasteiger partial charge in [0, 0.05) is 13.1 Å². The lowest BCUT2D eigenvalue weighted by Gasteiger charge is -2.29. The summed E-state index contributed by atoms with van der Waals surface area (Å²) in [5, 5.41) is 0.459. The Kier molecular flexibility index (Phi) is 5.47. The molecule has 1 unspecified atom stereocenters. The summed E-state index contributed by atoms with van der Waals surface area (Å²) in [6, 6.07) is 1.54. The van der Waals surface area contributed by atoms with E-state index in [0.29, 0.717) is 32.0 Å². The molecular formula is C14H21BrClNO2S2. The minimum absolute atomic E-state index is 0.231. The minimum atomic E-state index is -3.42. The van der Waals surface area contributed by atoms with Gasteiger partial charge in [-0.2, -0.15) is 4.31 Å². The molecule has 1 aliphatic rings. The van der Waals surface area contributed by atoms with Crippen molar-refractivity contribution in [1.82, 2.24) is 4.31 Å². The molecule has 1 atom stereocenters. The van der Waals surface area contributed by atoms with Gasteiger partial charge in [-0.05, 0) is 52.6 Å². The predicted molar refractivity (Wildman–Crippen MR) is 92.6 cm³/mol. The number of sulfonamides is 1. The molecule has 2 rings (SSSR count). The van der Waals surface area contributed by atoms with Crippen molar-refractivity contribution in [2.45, 2.75) is 44.2 Å². The van der Waals surface area contributed by atoms with Gasteiger partial charge in [0.1, 0.15) is 4.21 Å². The number of nitrogens with zero attached hydrogens (tertiary/aromatic N) is 1. The largest absolute Gasteiger partial charge is 0.252 e. The maximum absolute atomic E-state index is 12.7. The molecular weight excluding hydrogens is 394 g/mol. The number of halogens is 2. The molecule has 0 N–H and O–H groups in total. The van der Waals surface area contributed by atoms with E-state index in [4.69, 9.17) is 11.6 Å². The molecule has 2 heterocycles. The third-order valence-corrected chi connectivity index (χ3v) is 8.95. The number of rotatable bonds is 2. The average Bonchev–Trinajstić information content (AvgIpc) is 2.61. The molecule has 1 aromatic heterocycles. The molecule has 0 aliphatic carbocycles. The summed E-state index contributed by atoms with van der Waals surface area (Å²) in [7, 11) is -3.42. The lowest BCUT2D eigenvalue weighted by Crippen LogP contribution is -2.32. The highest BCUT2D eigenvalue weighted by Gasteiger charge is 2.32. The normalized spacial score (nSPS) is 22.2. The molecule has 0 radical (unpaired) electrons. The Balaban J connectivity index is 2.18. The van der Waals surface area contributed by atoms with Crippen LogP contribution in [0, 0.1) is 11.3 Å². The van der Waals surface area contributed by atoms with Crippen LogP contribution in [0.5, 0.6) is 0 Å². The zero-order valence-corrected chi connectivity index (χ0v) is 16.5. The van der Waals surface area contributed by atoms with Crippen LogP contribution in [0.2, 0.25) is 5.02 Å². The van der Waals surface area contributed by atoms with Gasteiger partial charge in [0.25, 0.3) is 10.0 Å². The van der Waals surface area contributed by atoms with Crippen LogP contribution in [-0.4, -0.2) is 25.8 Å². The minimum Gasteiger partial charge on any atom is -0.206 e. The van der Waals surface area contributed by atoms with E-state index in [-0.39, 0.29) is 5.41 Å². The first-order chi connectivity index (χ1) is 9.62. The molecule has 3 nitrogen and oxygen atoms in total. The fourth-order valence-electron chi connectivity index (χ4n) is 2.76. The van der Waals surface area contributed by atoms with Gasteiger partial charge in [-0.15, -0.1) is 11.3 Å². The van der Waals surface area contributed by atoms with E-state index < -0.39 is 10.0 Å². The van der Waals surface area contributed by atoms with Crippen LogP contribution in [0.15, 0.2) is 14.1 Å². The molecule has 120 valence electrons. The number of thiophene rings is 1. The third kappa shape index (κ3) is 4.02. The molecule has 1 aromatic rings. The first-order valence-corrected chi connectivity index (χ1v) is 10.5. The smallest absolute Gasteiger partial charge is 0.206 e. The zero-order valence-electron chi connectivity index (χ0n) is 12.5. The van der Waals surface area contributed by atoms with Gasteiger partial charge in [-0.1, -0.05) is 32.4 Å². The predicted octanol–water partition coefficient (Wildman–Crippen LogP) is 5.00. The maximum atomic E-state index is 12.7. The number of hydrogen-bond donors (Lipinski definition) is 0. The maximum Gasteiger partial charge on any atom is 0.252 e. The molecule has 7 heteroatoms. The highest BCUT2D eigenvalue weighted by Crippen LogP contribution is 2.38. The Morgan fingerprint density at radius 3 is 2.52 bits per heavy atom. The Labute approximate surface area is 144 Å². The lowest BCUT2D eigenvalue weighted by molar-refractivity contribution is 0.217. The summed E-state index contributed by atoms with van der Waals surface area (Å²) in [5.41, 5.74) is 0.231. The van der Waals surface area contributed by atoms with Gasteiger partial charge < -0.3 is 0 Å². The third-order valence-electron chi connectivity index (χ3n) is 4.13. The van der Waals surface area contributed by atoms with Gasteiger partial charge in [0.15, 0.2) is 0 Å². The highest BCUT2D eigenvalue weighted by molar-refractivity contribution is 9.11. The van der Waals surface area contributed by atoms with Crippen LogP contribution < -0.4 is 0 Å². The van der Waals surface area contributed by atoms with Gasteiger partial charge >= 0.3 is 0 Å². The summed E-state index contributed by atoms with van der Waals surface area (Å²) in [6.07, 6.45) is 2.93. The Morgan fingerprint density at radius 1 is 1.33 bits per heavy atom. The van der Waals surface area contributed by atoms with Crippen LogP contribution in [0.1, 0.15) is 40.0 Å². The Morgan fingerprint density at radius 2 is 2.00 bits per heavy atom. The van der Waals surface area contributed by atoms with Crippen LogP contribution in [0.25, 0.3) is 0 Å². The van der Waals surface area contributed by atoms with Gasteiger partial charge in [0.05, 0.1) is 8.81 Å². The van der Waals surface area contributed by atoms with Crippen LogP contribution in [0.3, 0.4) is 0 Å².